The number of rotatable bonds is 2. The molecule has 17 heavy (non-hydrogen) atoms. The third-order valence-corrected chi connectivity index (χ3v) is 4.48. The first kappa shape index (κ1) is 11.2. The monoisotopic (exact) mass is 335 g/mol. The smallest absolute Gasteiger partial charge is 0.0705 e. The fourth-order valence-electron chi connectivity index (χ4n) is 2.45. The molecule has 0 bridgehead atoms. The maximum Gasteiger partial charge on any atom is 0.0705 e. The van der Waals surface area contributed by atoms with Gasteiger partial charge in [-0.3, -0.25) is 4.98 Å². The van der Waals surface area contributed by atoms with Crippen LogP contribution < -0.4 is 0 Å². The second kappa shape index (κ2) is 4.77. The van der Waals surface area contributed by atoms with Crippen LogP contribution >= 0.6 is 22.6 Å². The van der Waals surface area contributed by atoms with Crippen LogP contribution in [0.3, 0.4) is 0 Å². The molecule has 0 aliphatic heterocycles. The van der Waals surface area contributed by atoms with Crippen molar-refractivity contribution in [1.82, 2.24) is 4.98 Å². The number of benzene rings is 1. The van der Waals surface area contributed by atoms with Crippen molar-refractivity contribution in [3.8, 4) is 11.3 Å². The Balaban J connectivity index is 2.04. The summed E-state index contributed by atoms with van der Waals surface area (Å²) in [6.07, 6.45) is 2.47. The second-order valence-electron chi connectivity index (χ2n) is 4.50. The van der Waals surface area contributed by atoms with Gasteiger partial charge in [0.15, 0.2) is 0 Å². The van der Waals surface area contributed by atoms with Crippen LogP contribution in [0.5, 0.6) is 0 Å². The SMILES string of the molecule is IC[C@H]1CCc2ccc(-c3ccccc3)nc21. The van der Waals surface area contributed by atoms with Crippen molar-refractivity contribution in [2.45, 2.75) is 18.8 Å². The Labute approximate surface area is 115 Å². The Bertz CT molecular complexity index is 522. The largest absolute Gasteiger partial charge is 0.252 e. The first-order valence-electron chi connectivity index (χ1n) is 5.99. The Morgan fingerprint density at radius 1 is 1.12 bits per heavy atom. The van der Waals surface area contributed by atoms with Crippen molar-refractivity contribution in [3.63, 3.8) is 0 Å². The summed E-state index contributed by atoms with van der Waals surface area (Å²) in [7, 11) is 0. The molecule has 0 saturated heterocycles. The molecule has 0 spiro atoms. The number of pyridine rings is 1. The van der Waals surface area contributed by atoms with Gasteiger partial charge in [0.1, 0.15) is 0 Å². The van der Waals surface area contributed by atoms with Crippen LogP contribution in [0, 0.1) is 0 Å². The highest BCUT2D eigenvalue weighted by Crippen LogP contribution is 2.34. The molecule has 1 aromatic carbocycles. The highest BCUT2D eigenvalue weighted by molar-refractivity contribution is 14.1. The molecule has 0 unspecified atom stereocenters. The van der Waals surface area contributed by atoms with E-state index in [1.165, 1.54) is 34.1 Å². The van der Waals surface area contributed by atoms with Gasteiger partial charge in [0.25, 0.3) is 0 Å². The molecular weight excluding hydrogens is 321 g/mol. The lowest BCUT2D eigenvalue weighted by Crippen LogP contribution is -1.98. The Morgan fingerprint density at radius 3 is 2.71 bits per heavy atom. The molecule has 2 aromatic rings. The zero-order valence-electron chi connectivity index (χ0n) is 9.57. The lowest BCUT2D eigenvalue weighted by atomic mass is 10.1. The predicted octanol–water partition coefficient (Wildman–Crippen LogP) is 4.21. The number of aromatic nitrogens is 1. The number of aryl methyl sites for hydroxylation is 1. The van der Waals surface area contributed by atoms with Crippen molar-refractivity contribution in [2.75, 3.05) is 4.43 Å². The predicted molar refractivity (Wildman–Crippen MR) is 79.6 cm³/mol. The van der Waals surface area contributed by atoms with Gasteiger partial charge in [-0.05, 0) is 24.5 Å². The summed E-state index contributed by atoms with van der Waals surface area (Å²) in [6, 6.07) is 14.9. The number of halogens is 1. The molecule has 1 aliphatic carbocycles. The first-order valence-corrected chi connectivity index (χ1v) is 7.52. The topological polar surface area (TPSA) is 12.9 Å². The minimum absolute atomic E-state index is 0.661. The fraction of sp³-hybridized carbons (Fsp3) is 0.267. The number of fused-ring (bicyclic) bond motifs is 1. The van der Waals surface area contributed by atoms with Crippen LogP contribution in [0.15, 0.2) is 42.5 Å². The minimum atomic E-state index is 0.661. The summed E-state index contributed by atoms with van der Waals surface area (Å²) in [5.41, 5.74) is 5.11. The Hall–Kier alpha value is -0.900. The van der Waals surface area contributed by atoms with E-state index in [9.17, 15) is 0 Å². The molecule has 0 amide bonds. The third-order valence-electron chi connectivity index (χ3n) is 3.42. The Kier molecular flexibility index (Phi) is 3.14. The van der Waals surface area contributed by atoms with Crippen LogP contribution in [0.2, 0.25) is 0 Å². The second-order valence-corrected chi connectivity index (χ2v) is 5.38. The van der Waals surface area contributed by atoms with Crippen LogP contribution in [-0.4, -0.2) is 9.41 Å². The summed E-state index contributed by atoms with van der Waals surface area (Å²) < 4.78 is 1.18. The molecule has 0 radical (unpaired) electrons. The minimum Gasteiger partial charge on any atom is -0.252 e. The maximum absolute atomic E-state index is 4.87. The molecular formula is C15H14IN. The van der Waals surface area contributed by atoms with E-state index < -0.39 is 0 Å². The standard InChI is InChI=1S/C15H14IN/c16-10-13-7-6-12-8-9-14(17-15(12)13)11-4-2-1-3-5-11/h1-5,8-9,13H,6-7,10H2/t13-/m1/s1. The van der Waals surface area contributed by atoms with E-state index in [-0.39, 0.29) is 0 Å². The van der Waals surface area contributed by atoms with Crippen molar-refractivity contribution >= 4 is 22.6 Å². The average molecular weight is 335 g/mol. The molecule has 86 valence electrons. The molecule has 1 heterocycles. The molecule has 0 N–H and O–H groups in total. The van der Waals surface area contributed by atoms with E-state index in [0.717, 1.165) is 5.69 Å². The van der Waals surface area contributed by atoms with Gasteiger partial charge >= 0.3 is 0 Å². The number of alkyl halides is 1. The van der Waals surface area contributed by atoms with Crippen LogP contribution in [0.1, 0.15) is 23.6 Å². The summed E-state index contributed by atoms with van der Waals surface area (Å²) in [5, 5.41) is 0. The van der Waals surface area contributed by atoms with Gasteiger partial charge in [0, 0.05) is 21.6 Å². The van der Waals surface area contributed by atoms with Crippen molar-refractivity contribution in [1.29, 1.82) is 0 Å². The fourth-order valence-corrected chi connectivity index (χ4v) is 3.31. The van der Waals surface area contributed by atoms with E-state index in [4.69, 9.17) is 4.98 Å². The van der Waals surface area contributed by atoms with Crippen LogP contribution in [-0.2, 0) is 6.42 Å². The van der Waals surface area contributed by atoms with Crippen molar-refractivity contribution < 1.29 is 0 Å². The lowest BCUT2D eigenvalue weighted by Gasteiger charge is -2.08. The highest BCUT2D eigenvalue weighted by atomic mass is 127. The maximum atomic E-state index is 4.87. The number of hydrogen-bond acceptors (Lipinski definition) is 1. The molecule has 0 saturated carbocycles. The molecule has 3 rings (SSSR count). The van der Waals surface area contributed by atoms with Gasteiger partial charge < -0.3 is 0 Å². The zero-order chi connectivity index (χ0) is 11.7. The molecule has 1 nitrogen and oxygen atoms in total. The van der Waals surface area contributed by atoms with Crippen molar-refractivity contribution in [3.05, 3.63) is 53.7 Å². The molecule has 1 atom stereocenters. The number of hydrogen-bond donors (Lipinski definition) is 0. The summed E-state index contributed by atoms with van der Waals surface area (Å²) >= 11 is 2.47. The van der Waals surface area contributed by atoms with Gasteiger partial charge in [-0.25, -0.2) is 0 Å². The summed E-state index contributed by atoms with van der Waals surface area (Å²) in [6.45, 7) is 0. The third kappa shape index (κ3) is 2.10. The molecule has 2 heteroatoms. The van der Waals surface area contributed by atoms with Crippen LogP contribution in [0.4, 0.5) is 0 Å². The van der Waals surface area contributed by atoms with Crippen LogP contribution in [0.25, 0.3) is 11.3 Å². The lowest BCUT2D eigenvalue weighted by molar-refractivity contribution is 0.751. The van der Waals surface area contributed by atoms with E-state index >= 15 is 0 Å². The van der Waals surface area contributed by atoms with E-state index in [0.29, 0.717) is 5.92 Å². The number of nitrogens with zero attached hydrogens (tertiary/aromatic N) is 1. The average Bonchev–Trinajstić information content (AvgIpc) is 2.81. The highest BCUT2D eigenvalue weighted by Gasteiger charge is 2.23. The van der Waals surface area contributed by atoms with Gasteiger partial charge in [0.2, 0.25) is 0 Å². The van der Waals surface area contributed by atoms with E-state index in [1.807, 2.05) is 6.07 Å². The van der Waals surface area contributed by atoms with Gasteiger partial charge in [-0.15, -0.1) is 0 Å². The molecule has 1 aromatic heterocycles. The van der Waals surface area contributed by atoms with E-state index in [1.54, 1.807) is 0 Å². The summed E-state index contributed by atoms with van der Waals surface area (Å²) in [4.78, 5) is 4.87. The van der Waals surface area contributed by atoms with Gasteiger partial charge in [-0.2, -0.15) is 0 Å². The first-order chi connectivity index (χ1) is 8.38. The van der Waals surface area contributed by atoms with Gasteiger partial charge in [-0.1, -0.05) is 59.0 Å². The van der Waals surface area contributed by atoms with Crippen molar-refractivity contribution in [2.24, 2.45) is 0 Å². The summed E-state index contributed by atoms with van der Waals surface area (Å²) in [5.74, 6) is 0.661. The molecule has 0 fully saturated rings. The molecule has 1 aliphatic rings. The quantitative estimate of drug-likeness (QED) is 0.592. The van der Waals surface area contributed by atoms with E-state index in [2.05, 4.69) is 59.0 Å². The Morgan fingerprint density at radius 2 is 1.94 bits per heavy atom. The zero-order valence-corrected chi connectivity index (χ0v) is 11.7. The van der Waals surface area contributed by atoms with Gasteiger partial charge in [0.05, 0.1) is 5.69 Å². The normalized spacial score (nSPS) is 18.1.